The molecule has 4 rings (SSSR count). The van der Waals surface area contributed by atoms with Crippen LogP contribution < -0.4 is 5.32 Å². The minimum Gasteiger partial charge on any atom is -0.346 e. The summed E-state index contributed by atoms with van der Waals surface area (Å²) in [6, 6.07) is 17.9. The van der Waals surface area contributed by atoms with Gasteiger partial charge in [0.15, 0.2) is 5.96 Å². The highest BCUT2D eigenvalue weighted by molar-refractivity contribution is 6.02. The molecule has 2 aliphatic rings. The van der Waals surface area contributed by atoms with Crippen molar-refractivity contribution < 1.29 is 4.79 Å². The number of nitrogens with one attached hydrogen (secondary N) is 2. The van der Waals surface area contributed by atoms with Crippen LogP contribution in [0.3, 0.4) is 0 Å². The maximum absolute atomic E-state index is 13.4. The van der Waals surface area contributed by atoms with Crippen LogP contribution in [-0.4, -0.2) is 23.8 Å². The molecule has 2 aromatic carbocycles. The number of guanidine groups is 1. The Morgan fingerprint density at radius 1 is 1.07 bits per heavy atom. The Morgan fingerprint density at radius 2 is 1.72 bits per heavy atom. The maximum Gasteiger partial charge on any atom is 0.237 e. The molecule has 1 aliphatic heterocycles. The highest BCUT2D eigenvalue weighted by Crippen LogP contribution is 2.53. The zero-order valence-corrected chi connectivity index (χ0v) is 17.0. The lowest BCUT2D eigenvalue weighted by Crippen LogP contribution is -2.70. The molecule has 1 amide bonds. The van der Waals surface area contributed by atoms with Crippen molar-refractivity contribution in [3.05, 3.63) is 59.7 Å². The monoisotopic (exact) mass is 386 g/mol. The number of carbonyl (C=O) groups is 1. The van der Waals surface area contributed by atoms with Crippen molar-refractivity contribution in [2.45, 2.75) is 44.6 Å². The molecule has 1 unspecified atom stereocenters. The summed E-state index contributed by atoms with van der Waals surface area (Å²) in [7, 11) is 1.69. The Hall–Kier alpha value is -3.13. The van der Waals surface area contributed by atoms with Crippen molar-refractivity contribution in [1.82, 2.24) is 10.2 Å². The number of nitrogens with zero attached hydrogens (tertiary/aromatic N) is 2. The van der Waals surface area contributed by atoms with Gasteiger partial charge >= 0.3 is 0 Å². The van der Waals surface area contributed by atoms with Crippen LogP contribution in [0, 0.1) is 22.2 Å². The first-order valence-electron chi connectivity index (χ1n) is 10.2. The first-order valence-corrected chi connectivity index (χ1v) is 10.2. The molecule has 1 heterocycles. The van der Waals surface area contributed by atoms with Gasteiger partial charge in [-0.3, -0.25) is 15.1 Å². The minimum absolute atomic E-state index is 0.0420. The molecule has 1 atom stereocenters. The van der Waals surface area contributed by atoms with Crippen molar-refractivity contribution in [1.29, 1.82) is 10.7 Å². The molecular weight excluding hydrogens is 360 g/mol. The molecule has 1 saturated carbocycles. The molecule has 1 saturated heterocycles. The molecule has 29 heavy (non-hydrogen) atoms. The van der Waals surface area contributed by atoms with Crippen LogP contribution in [0.15, 0.2) is 48.5 Å². The van der Waals surface area contributed by atoms with E-state index in [1.54, 1.807) is 13.1 Å². The number of hydrogen-bond acceptors (Lipinski definition) is 3. The lowest BCUT2D eigenvalue weighted by atomic mass is 9.58. The van der Waals surface area contributed by atoms with E-state index < -0.39 is 11.0 Å². The van der Waals surface area contributed by atoms with Gasteiger partial charge in [-0.2, -0.15) is 5.26 Å². The SMILES string of the molecule is CN1C(=N)NC(C)(c2cccc(-c3cccc(C#N)c3)c2)C2(CCCCC2)C1=O. The molecule has 1 aliphatic carbocycles. The number of benzene rings is 2. The second-order valence-electron chi connectivity index (χ2n) is 8.38. The highest BCUT2D eigenvalue weighted by atomic mass is 16.2. The summed E-state index contributed by atoms with van der Waals surface area (Å²) < 4.78 is 0. The van der Waals surface area contributed by atoms with Gasteiger partial charge in [-0.05, 0) is 54.7 Å². The van der Waals surface area contributed by atoms with Gasteiger partial charge in [-0.1, -0.05) is 49.6 Å². The molecule has 0 radical (unpaired) electrons. The average Bonchev–Trinajstić information content (AvgIpc) is 2.77. The predicted molar refractivity (Wildman–Crippen MR) is 113 cm³/mol. The fourth-order valence-electron chi connectivity index (χ4n) is 5.07. The molecule has 2 fully saturated rings. The van der Waals surface area contributed by atoms with Gasteiger partial charge in [-0.25, -0.2) is 0 Å². The summed E-state index contributed by atoms with van der Waals surface area (Å²) >= 11 is 0. The Labute approximate surface area is 171 Å². The molecule has 2 N–H and O–H groups in total. The number of hydrogen-bond donors (Lipinski definition) is 2. The van der Waals surface area contributed by atoms with Gasteiger partial charge < -0.3 is 5.32 Å². The van der Waals surface area contributed by atoms with Crippen molar-refractivity contribution in [2.75, 3.05) is 7.05 Å². The average molecular weight is 386 g/mol. The summed E-state index contributed by atoms with van der Waals surface area (Å²) in [4.78, 5) is 14.9. The molecule has 1 spiro atoms. The van der Waals surface area contributed by atoms with E-state index >= 15 is 0 Å². The van der Waals surface area contributed by atoms with Crippen LogP contribution in [0.25, 0.3) is 11.1 Å². The van der Waals surface area contributed by atoms with Crippen LogP contribution in [0.4, 0.5) is 0 Å². The lowest BCUT2D eigenvalue weighted by Gasteiger charge is -2.55. The first kappa shape index (κ1) is 19.2. The van der Waals surface area contributed by atoms with Crippen molar-refractivity contribution >= 4 is 11.9 Å². The van der Waals surface area contributed by atoms with E-state index in [9.17, 15) is 10.1 Å². The lowest BCUT2D eigenvalue weighted by molar-refractivity contribution is -0.148. The molecule has 5 heteroatoms. The summed E-state index contributed by atoms with van der Waals surface area (Å²) in [6.45, 7) is 2.07. The summed E-state index contributed by atoms with van der Waals surface area (Å²) in [5.41, 5.74) is 2.39. The van der Waals surface area contributed by atoms with Gasteiger partial charge in [0.25, 0.3) is 0 Å². The minimum atomic E-state index is -0.656. The van der Waals surface area contributed by atoms with Gasteiger partial charge in [0.1, 0.15) is 0 Å². The molecular formula is C24H26N4O. The van der Waals surface area contributed by atoms with Crippen LogP contribution in [0.1, 0.15) is 50.2 Å². The predicted octanol–water partition coefficient (Wildman–Crippen LogP) is 4.39. The molecule has 0 aromatic heterocycles. The normalized spacial score (nSPS) is 23.6. The third-order valence-electron chi connectivity index (χ3n) is 6.85. The highest BCUT2D eigenvalue weighted by Gasteiger charge is 2.59. The van der Waals surface area contributed by atoms with Crippen LogP contribution in [0.5, 0.6) is 0 Å². The zero-order chi connectivity index (χ0) is 20.6. The molecule has 0 bridgehead atoms. The standard InChI is InChI=1S/C24H26N4O/c1-23(24(12-4-3-5-13-24)21(29)28(2)22(26)27-23)20-11-7-10-19(15-20)18-9-6-8-17(14-18)16-25/h6-11,14-15H,3-5,12-13H2,1-2H3,(H2,26,27). The largest absolute Gasteiger partial charge is 0.346 e. The second kappa shape index (κ2) is 7.04. The van der Waals surface area contributed by atoms with Crippen LogP contribution in [-0.2, 0) is 10.3 Å². The topological polar surface area (TPSA) is 80.0 Å². The van der Waals surface area contributed by atoms with Crippen LogP contribution >= 0.6 is 0 Å². The fourth-order valence-corrected chi connectivity index (χ4v) is 5.07. The molecule has 2 aromatic rings. The second-order valence-corrected chi connectivity index (χ2v) is 8.38. The van der Waals surface area contributed by atoms with Gasteiger partial charge in [-0.15, -0.1) is 0 Å². The third-order valence-corrected chi connectivity index (χ3v) is 6.85. The smallest absolute Gasteiger partial charge is 0.237 e. The van der Waals surface area contributed by atoms with Gasteiger partial charge in [0, 0.05) is 7.05 Å². The van der Waals surface area contributed by atoms with E-state index in [1.807, 2.05) is 36.4 Å². The van der Waals surface area contributed by atoms with E-state index in [2.05, 4.69) is 24.4 Å². The number of rotatable bonds is 2. The van der Waals surface area contributed by atoms with E-state index in [1.165, 1.54) is 4.90 Å². The van der Waals surface area contributed by atoms with E-state index in [0.29, 0.717) is 5.56 Å². The quantitative estimate of drug-likeness (QED) is 0.803. The summed E-state index contributed by atoms with van der Waals surface area (Å²) in [5.74, 6) is 0.186. The summed E-state index contributed by atoms with van der Waals surface area (Å²) in [6.07, 6.45) is 4.83. The van der Waals surface area contributed by atoms with E-state index in [0.717, 1.165) is 48.8 Å². The van der Waals surface area contributed by atoms with E-state index in [-0.39, 0.29) is 11.9 Å². The Balaban J connectivity index is 1.84. The summed E-state index contributed by atoms with van der Waals surface area (Å²) in [5, 5.41) is 21.0. The first-order chi connectivity index (χ1) is 13.9. The zero-order valence-electron chi connectivity index (χ0n) is 17.0. The van der Waals surface area contributed by atoms with Gasteiger partial charge in [0.2, 0.25) is 5.91 Å². The Bertz CT molecular complexity index is 1020. The molecule has 5 nitrogen and oxygen atoms in total. The number of carbonyl (C=O) groups excluding carboxylic acids is 1. The number of nitriles is 1. The van der Waals surface area contributed by atoms with Crippen molar-refractivity contribution in [3.8, 4) is 17.2 Å². The van der Waals surface area contributed by atoms with Crippen LogP contribution in [0.2, 0.25) is 0 Å². The number of amides is 1. The van der Waals surface area contributed by atoms with Gasteiger partial charge in [0.05, 0.1) is 22.6 Å². The maximum atomic E-state index is 13.4. The third kappa shape index (κ3) is 2.91. The fraction of sp³-hybridized carbons (Fsp3) is 0.375. The van der Waals surface area contributed by atoms with Crippen molar-refractivity contribution in [3.63, 3.8) is 0 Å². The van der Waals surface area contributed by atoms with E-state index in [4.69, 9.17) is 5.41 Å². The Morgan fingerprint density at radius 3 is 2.41 bits per heavy atom. The molecule has 148 valence electrons. The van der Waals surface area contributed by atoms with Crippen molar-refractivity contribution in [2.24, 2.45) is 5.41 Å². The Kier molecular flexibility index (Phi) is 4.66.